The third-order valence-electron chi connectivity index (χ3n) is 4.03. The predicted octanol–water partition coefficient (Wildman–Crippen LogP) is 3.51. The molecule has 0 aliphatic carbocycles. The Hall–Kier alpha value is -1.38. The summed E-state index contributed by atoms with van der Waals surface area (Å²) >= 11 is 0. The van der Waals surface area contributed by atoms with E-state index < -0.39 is 0 Å². The van der Waals surface area contributed by atoms with Crippen LogP contribution >= 0.6 is 0 Å². The van der Waals surface area contributed by atoms with E-state index in [9.17, 15) is 9.18 Å². The Balaban J connectivity index is 2.21. The number of piperidine rings is 1. The van der Waals surface area contributed by atoms with Crippen LogP contribution in [0, 0.1) is 17.7 Å². The molecule has 2 nitrogen and oxygen atoms in total. The van der Waals surface area contributed by atoms with Gasteiger partial charge in [-0.05, 0) is 43.4 Å². The molecule has 3 heteroatoms. The summed E-state index contributed by atoms with van der Waals surface area (Å²) in [6.45, 7) is 7.69. The quantitative estimate of drug-likeness (QED) is 0.747. The van der Waals surface area contributed by atoms with Gasteiger partial charge in [-0.1, -0.05) is 13.8 Å². The van der Waals surface area contributed by atoms with Crippen LogP contribution in [0.4, 0.5) is 10.1 Å². The van der Waals surface area contributed by atoms with Crippen LogP contribution in [0.15, 0.2) is 18.2 Å². The van der Waals surface area contributed by atoms with Gasteiger partial charge in [0.25, 0.3) is 0 Å². The molecular formula is C15H20FNO. The Bertz CT molecular complexity index is 458. The second-order valence-corrected chi connectivity index (χ2v) is 5.41. The molecule has 0 saturated carbocycles. The molecule has 98 valence electrons. The summed E-state index contributed by atoms with van der Waals surface area (Å²) in [4.78, 5) is 13.3. The number of hydrogen-bond donors (Lipinski definition) is 0. The summed E-state index contributed by atoms with van der Waals surface area (Å²) in [7, 11) is 0. The Morgan fingerprint density at radius 1 is 1.33 bits per heavy atom. The maximum Gasteiger partial charge on any atom is 0.159 e. The standard InChI is InChI=1S/C15H20FNO/c1-10-6-7-17(9-11(10)2)15-5-4-13(12(3)18)8-14(15)16/h4-5,8,10-11H,6-7,9H2,1-3H3. The van der Waals surface area contributed by atoms with Crippen molar-refractivity contribution >= 4 is 11.5 Å². The molecule has 0 aromatic heterocycles. The fourth-order valence-electron chi connectivity index (χ4n) is 2.46. The van der Waals surface area contributed by atoms with E-state index in [-0.39, 0.29) is 11.6 Å². The van der Waals surface area contributed by atoms with E-state index in [0.29, 0.717) is 23.1 Å². The lowest BCUT2D eigenvalue weighted by molar-refractivity contribution is 0.101. The fourth-order valence-corrected chi connectivity index (χ4v) is 2.46. The first kappa shape index (κ1) is 13.1. The predicted molar refractivity (Wildman–Crippen MR) is 71.6 cm³/mol. The van der Waals surface area contributed by atoms with E-state index in [1.165, 1.54) is 13.0 Å². The Labute approximate surface area is 108 Å². The summed E-state index contributed by atoms with van der Waals surface area (Å²) in [5, 5.41) is 0. The summed E-state index contributed by atoms with van der Waals surface area (Å²) in [6, 6.07) is 4.79. The topological polar surface area (TPSA) is 20.3 Å². The highest BCUT2D eigenvalue weighted by atomic mass is 19.1. The van der Waals surface area contributed by atoms with Crippen LogP contribution in [-0.2, 0) is 0 Å². The Kier molecular flexibility index (Phi) is 3.69. The van der Waals surface area contributed by atoms with Gasteiger partial charge in [0.2, 0.25) is 0 Å². The number of benzene rings is 1. The number of ketones is 1. The van der Waals surface area contributed by atoms with Crippen molar-refractivity contribution < 1.29 is 9.18 Å². The highest BCUT2D eigenvalue weighted by molar-refractivity contribution is 5.94. The van der Waals surface area contributed by atoms with E-state index in [1.54, 1.807) is 12.1 Å². The third-order valence-corrected chi connectivity index (χ3v) is 4.03. The summed E-state index contributed by atoms with van der Waals surface area (Å²) < 4.78 is 14.0. The zero-order valence-electron chi connectivity index (χ0n) is 11.2. The smallest absolute Gasteiger partial charge is 0.159 e. The molecule has 18 heavy (non-hydrogen) atoms. The van der Waals surface area contributed by atoms with Crippen LogP contribution in [0.5, 0.6) is 0 Å². The summed E-state index contributed by atoms with van der Waals surface area (Å²) in [5.74, 6) is 0.886. The molecule has 0 amide bonds. The lowest BCUT2D eigenvalue weighted by atomic mass is 9.88. The van der Waals surface area contributed by atoms with Crippen LogP contribution in [0.2, 0.25) is 0 Å². The van der Waals surface area contributed by atoms with Crippen molar-refractivity contribution in [1.82, 2.24) is 0 Å². The van der Waals surface area contributed by atoms with Crippen LogP contribution in [0.25, 0.3) is 0 Å². The summed E-state index contributed by atoms with van der Waals surface area (Å²) in [6.07, 6.45) is 1.09. The molecule has 1 fully saturated rings. The van der Waals surface area contributed by atoms with Crippen molar-refractivity contribution in [1.29, 1.82) is 0 Å². The molecule has 2 rings (SSSR count). The number of carbonyl (C=O) groups excluding carboxylic acids is 1. The molecule has 2 atom stereocenters. The first-order valence-electron chi connectivity index (χ1n) is 6.54. The highest BCUT2D eigenvalue weighted by Crippen LogP contribution is 2.29. The number of carbonyl (C=O) groups is 1. The zero-order chi connectivity index (χ0) is 13.3. The second-order valence-electron chi connectivity index (χ2n) is 5.41. The van der Waals surface area contributed by atoms with Gasteiger partial charge in [0, 0.05) is 18.7 Å². The van der Waals surface area contributed by atoms with Crippen molar-refractivity contribution in [3.63, 3.8) is 0 Å². The molecular weight excluding hydrogens is 229 g/mol. The zero-order valence-corrected chi connectivity index (χ0v) is 11.2. The van der Waals surface area contributed by atoms with Gasteiger partial charge in [-0.15, -0.1) is 0 Å². The minimum atomic E-state index is -0.288. The average Bonchev–Trinajstić information content (AvgIpc) is 2.32. The van der Waals surface area contributed by atoms with Crippen LogP contribution in [0.3, 0.4) is 0 Å². The van der Waals surface area contributed by atoms with E-state index in [2.05, 4.69) is 18.7 Å². The van der Waals surface area contributed by atoms with Gasteiger partial charge >= 0.3 is 0 Å². The maximum absolute atomic E-state index is 14.0. The van der Waals surface area contributed by atoms with Gasteiger partial charge in [-0.25, -0.2) is 4.39 Å². The molecule has 0 radical (unpaired) electrons. The van der Waals surface area contributed by atoms with Crippen molar-refractivity contribution in [2.24, 2.45) is 11.8 Å². The minimum Gasteiger partial charge on any atom is -0.369 e. The highest BCUT2D eigenvalue weighted by Gasteiger charge is 2.24. The molecule has 1 aliphatic heterocycles. The van der Waals surface area contributed by atoms with E-state index in [0.717, 1.165) is 19.5 Å². The molecule has 2 unspecified atom stereocenters. The SMILES string of the molecule is CC(=O)c1ccc(N2CCC(C)C(C)C2)c(F)c1. The van der Waals surface area contributed by atoms with Gasteiger partial charge in [0.15, 0.2) is 5.78 Å². The van der Waals surface area contributed by atoms with Crippen LogP contribution in [0.1, 0.15) is 37.6 Å². The van der Waals surface area contributed by atoms with Gasteiger partial charge in [0.05, 0.1) is 5.69 Å². The molecule has 1 aliphatic rings. The number of Topliss-reactive ketones (excluding diaryl/α,β-unsaturated/α-hetero) is 1. The van der Waals surface area contributed by atoms with Crippen molar-refractivity contribution in [3.8, 4) is 0 Å². The first-order chi connectivity index (χ1) is 8.49. The number of anilines is 1. The minimum absolute atomic E-state index is 0.0962. The average molecular weight is 249 g/mol. The molecule has 0 spiro atoms. The van der Waals surface area contributed by atoms with Gasteiger partial charge in [-0.2, -0.15) is 0 Å². The van der Waals surface area contributed by atoms with E-state index in [1.807, 2.05) is 0 Å². The number of rotatable bonds is 2. The van der Waals surface area contributed by atoms with Crippen LogP contribution in [-0.4, -0.2) is 18.9 Å². The summed E-state index contributed by atoms with van der Waals surface area (Å²) in [5.41, 5.74) is 1.06. The number of halogens is 1. The monoisotopic (exact) mass is 249 g/mol. The van der Waals surface area contributed by atoms with Crippen molar-refractivity contribution in [2.75, 3.05) is 18.0 Å². The van der Waals surface area contributed by atoms with Crippen LogP contribution < -0.4 is 4.90 Å². The third kappa shape index (κ3) is 2.55. The molecule has 0 bridgehead atoms. The van der Waals surface area contributed by atoms with E-state index in [4.69, 9.17) is 0 Å². The molecule has 1 aromatic rings. The maximum atomic E-state index is 14.0. The first-order valence-corrected chi connectivity index (χ1v) is 6.54. The molecule has 1 aromatic carbocycles. The van der Waals surface area contributed by atoms with E-state index >= 15 is 0 Å². The van der Waals surface area contributed by atoms with Crippen molar-refractivity contribution in [3.05, 3.63) is 29.6 Å². The second kappa shape index (κ2) is 5.09. The fraction of sp³-hybridized carbons (Fsp3) is 0.533. The van der Waals surface area contributed by atoms with Crippen molar-refractivity contribution in [2.45, 2.75) is 27.2 Å². The molecule has 1 heterocycles. The molecule has 1 saturated heterocycles. The molecule has 0 N–H and O–H groups in total. The van der Waals surface area contributed by atoms with Gasteiger partial charge < -0.3 is 4.90 Å². The Morgan fingerprint density at radius 2 is 2.06 bits per heavy atom. The largest absolute Gasteiger partial charge is 0.369 e. The number of nitrogens with zero attached hydrogens (tertiary/aromatic N) is 1. The lowest BCUT2D eigenvalue weighted by Crippen LogP contribution is -2.38. The Morgan fingerprint density at radius 3 is 2.61 bits per heavy atom. The number of hydrogen-bond acceptors (Lipinski definition) is 2. The van der Waals surface area contributed by atoms with Gasteiger partial charge in [-0.3, -0.25) is 4.79 Å². The normalized spacial score (nSPS) is 24.1. The van der Waals surface area contributed by atoms with Gasteiger partial charge in [0.1, 0.15) is 5.82 Å². The lowest BCUT2D eigenvalue weighted by Gasteiger charge is -2.37.